The summed E-state index contributed by atoms with van der Waals surface area (Å²) < 4.78 is 1.80. The Labute approximate surface area is 161 Å². The summed E-state index contributed by atoms with van der Waals surface area (Å²) in [6.07, 6.45) is 3.74. The van der Waals surface area contributed by atoms with E-state index in [0.29, 0.717) is 17.1 Å². The third kappa shape index (κ3) is 4.42. The molecule has 8 heteroatoms. The average Bonchev–Trinajstić information content (AvgIpc) is 3.31. The topological polar surface area (TPSA) is 93.2 Å². The first-order chi connectivity index (χ1) is 13.0. The quantitative estimate of drug-likeness (QED) is 0.655. The highest BCUT2D eigenvalue weighted by Gasteiger charge is 2.21. The maximum atomic E-state index is 12.5. The van der Waals surface area contributed by atoms with Crippen LogP contribution in [0, 0.1) is 0 Å². The molecule has 0 aliphatic carbocycles. The van der Waals surface area contributed by atoms with Gasteiger partial charge in [0.05, 0.1) is 23.5 Å². The lowest BCUT2D eigenvalue weighted by molar-refractivity contribution is -0.120. The van der Waals surface area contributed by atoms with Crippen molar-refractivity contribution in [2.45, 2.75) is 19.5 Å². The summed E-state index contributed by atoms with van der Waals surface area (Å²) in [5.41, 5.74) is 7.62. The van der Waals surface area contributed by atoms with Gasteiger partial charge in [-0.15, -0.1) is 11.3 Å². The zero-order chi connectivity index (χ0) is 19.4. The van der Waals surface area contributed by atoms with Crippen molar-refractivity contribution in [3.05, 3.63) is 65.3 Å². The molecule has 1 unspecified atom stereocenters. The minimum absolute atomic E-state index is 0.196. The Bertz CT molecular complexity index is 934. The molecule has 3 rings (SSSR count). The van der Waals surface area contributed by atoms with E-state index in [4.69, 9.17) is 5.73 Å². The van der Waals surface area contributed by atoms with Crippen LogP contribution in [0.4, 0.5) is 5.00 Å². The lowest BCUT2D eigenvalue weighted by atomic mass is 10.2. The number of anilines is 1. The molecule has 140 valence electrons. The predicted octanol–water partition coefficient (Wildman–Crippen LogP) is 2.49. The van der Waals surface area contributed by atoms with Crippen LogP contribution < -0.4 is 11.1 Å². The number of nitrogens with zero attached hydrogens (tertiary/aromatic N) is 3. The number of carbonyl (C=O) groups is 2. The Morgan fingerprint density at radius 2 is 2.04 bits per heavy atom. The van der Waals surface area contributed by atoms with Gasteiger partial charge in [-0.25, -0.2) is 4.68 Å². The molecule has 2 aromatic heterocycles. The Morgan fingerprint density at radius 1 is 1.30 bits per heavy atom. The van der Waals surface area contributed by atoms with Crippen LogP contribution in [0.2, 0.25) is 0 Å². The molecule has 1 atom stereocenters. The van der Waals surface area contributed by atoms with E-state index >= 15 is 0 Å². The van der Waals surface area contributed by atoms with Crippen LogP contribution in [-0.4, -0.2) is 39.6 Å². The molecular weight excluding hydrogens is 362 g/mol. The van der Waals surface area contributed by atoms with E-state index < -0.39 is 11.9 Å². The van der Waals surface area contributed by atoms with Crippen molar-refractivity contribution in [2.75, 3.05) is 12.4 Å². The number of aromatic nitrogens is 2. The lowest BCUT2D eigenvalue weighted by Crippen LogP contribution is -2.39. The molecule has 0 saturated carbocycles. The molecule has 0 radical (unpaired) electrons. The summed E-state index contributed by atoms with van der Waals surface area (Å²) >= 11 is 1.28. The smallest absolute Gasteiger partial charge is 0.251 e. The van der Waals surface area contributed by atoms with E-state index in [1.54, 1.807) is 22.3 Å². The molecule has 27 heavy (non-hydrogen) atoms. The van der Waals surface area contributed by atoms with Crippen LogP contribution in [0.1, 0.15) is 22.8 Å². The fourth-order valence-electron chi connectivity index (χ4n) is 2.61. The Hall–Kier alpha value is -2.97. The molecule has 0 fully saturated rings. The minimum Gasteiger partial charge on any atom is -0.366 e. The van der Waals surface area contributed by atoms with Crippen LogP contribution in [0.3, 0.4) is 0 Å². The molecule has 2 amide bonds. The van der Waals surface area contributed by atoms with Gasteiger partial charge in [-0.05, 0) is 37.6 Å². The Kier molecular flexibility index (Phi) is 5.68. The number of hydrogen-bond acceptors (Lipinski definition) is 5. The van der Waals surface area contributed by atoms with Crippen molar-refractivity contribution in [3.63, 3.8) is 0 Å². The van der Waals surface area contributed by atoms with Gasteiger partial charge < -0.3 is 11.1 Å². The normalized spacial score (nSPS) is 12.1. The number of nitrogens with two attached hydrogens (primary N) is 1. The van der Waals surface area contributed by atoms with Crippen LogP contribution in [-0.2, 0) is 11.3 Å². The second-order valence-electron chi connectivity index (χ2n) is 6.24. The number of likely N-dealkylation sites (N-methyl/N-ethyl adjacent to an activating group) is 1. The van der Waals surface area contributed by atoms with Crippen LogP contribution >= 0.6 is 11.3 Å². The average molecular weight is 383 g/mol. The van der Waals surface area contributed by atoms with E-state index in [2.05, 4.69) is 10.4 Å². The fourth-order valence-corrected chi connectivity index (χ4v) is 3.40. The second-order valence-corrected chi connectivity index (χ2v) is 7.15. The summed E-state index contributed by atoms with van der Waals surface area (Å²) in [6, 6.07) is 11.0. The maximum Gasteiger partial charge on any atom is 0.251 e. The van der Waals surface area contributed by atoms with Crippen molar-refractivity contribution in [3.8, 4) is 5.69 Å². The number of primary amides is 1. The third-order valence-electron chi connectivity index (χ3n) is 4.30. The molecule has 2 heterocycles. The van der Waals surface area contributed by atoms with Crippen LogP contribution in [0.25, 0.3) is 5.69 Å². The highest BCUT2D eigenvalue weighted by molar-refractivity contribution is 7.14. The third-order valence-corrected chi connectivity index (χ3v) is 5.13. The summed E-state index contributed by atoms with van der Waals surface area (Å²) in [7, 11) is 1.87. The van der Waals surface area contributed by atoms with Gasteiger partial charge >= 0.3 is 0 Å². The molecule has 0 spiro atoms. The predicted molar refractivity (Wildman–Crippen MR) is 106 cm³/mol. The Morgan fingerprint density at radius 3 is 2.74 bits per heavy atom. The van der Waals surface area contributed by atoms with Gasteiger partial charge in [0.1, 0.15) is 5.00 Å². The molecule has 3 N–H and O–H groups in total. The standard InChI is InChI=1S/C19H21N5O2S/c1-13(18(26)22-19-16(17(20)25)8-9-27-19)23(2)11-14-10-21-24(12-14)15-6-4-3-5-7-15/h3-10,12-13H,11H2,1-2H3,(H2,20,25)(H,22,26). The van der Waals surface area contributed by atoms with Crippen molar-refractivity contribution in [1.82, 2.24) is 14.7 Å². The van der Waals surface area contributed by atoms with Crippen LogP contribution in [0.5, 0.6) is 0 Å². The van der Waals surface area contributed by atoms with Crippen molar-refractivity contribution >= 4 is 28.2 Å². The van der Waals surface area contributed by atoms with Gasteiger partial charge in [0.2, 0.25) is 5.91 Å². The molecule has 1 aromatic carbocycles. The molecular formula is C19H21N5O2S. The van der Waals surface area contributed by atoms with E-state index in [0.717, 1.165) is 11.3 Å². The number of benzene rings is 1. The SMILES string of the molecule is CC(C(=O)Nc1sccc1C(N)=O)N(C)Cc1cnn(-c2ccccc2)c1. The largest absolute Gasteiger partial charge is 0.366 e. The van der Waals surface area contributed by atoms with E-state index in [-0.39, 0.29) is 5.91 Å². The zero-order valence-corrected chi connectivity index (χ0v) is 15.9. The number of rotatable bonds is 7. The fraction of sp³-hybridized carbons (Fsp3) is 0.211. The Balaban J connectivity index is 1.63. The molecule has 0 saturated heterocycles. The van der Waals surface area contributed by atoms with Gasteiger partial charge in [0.15, 0.2) is 0 Å². The number of nitrogens with one attached hydrogen (secondary N) is 1. The zero-order valence-electron chi connectivity index (χ0n) is 15.1. The number of para-hydroxylation sites is 1. The number of carbonyl (C=O) groups excluding carboxylic acids is 2. The molecule has 0 bridgehead atoms. The van der Waals surface area contributed by atoms with Crippen LogP contribution in [0.15, 0.2) is 54.2 Å². The molecule has 0 aliphatic rings. The summed E-state index contributed by atoms with van der Waals surface area (Å²) in [6.45, 7) is 2.38. The first-order valence-electron chi connectivity index (χ1n) is 8.43. The van der Waals surface area contributed by atoms with Crippen molar-refractivity contribution in [1.29, 1.82) is 0 Å². The van der Waals surface area contributed by atoms with Gasteiger partial charge in [0.25, 0.3) is 5.91 Å². The highest BCUT2D eigenvalue weighted by Crippen LogP contribution is 2.23. The first-order valence-corrected chi connectivity index (χ1v) is 9.31. The van der Waals surface area contributed by atoms with Gasteiger partial charge in [-0.2, -0.15) is 5.10 Å². The second kappa shape index (κ2) is 8.15. The summed E-state index contributed by atoms with van der Waals surface area (Å²) in [5, 5.41) is 9.36. The van der Waals surface area contributed by atoms with E-state index in [1.807, 2.05) is 55.4 Å². The number of thiophene rings is 1. The van der Waals surface area contributed by atoms with E-state index in [1.165, 1.54) is 11.3 Å². The number of amides is 2. The lowest BCUT2D eigenvalue weighted by Gasteiger charge is -2.23. The maximum absolute atomic E-state index is 12.5. The monoisotopic (exact) mass is 383 g/mol. The minimum atomic E-state index is -0.555. The summed E-state index contributed by atoms with van der Waals surface area (Å²) in [4.78, 5) is 25.8. The summed E-state index contributed by atoms with van der Waals surface area (Å²) in [5.74, 6) is -0.751. The van der Waals surface area contributed by atoms with Crippen molar-refractivity contribution in [2.24, 2.45) is 5.73 Å². The highest BCUT2D eigenvalue weighted by atomic mass is 32.1. The molecule has 7 nitrogen and oxygen atoms in total. The van der Waals surface area contributed by atoms with Gasteiger partial charge in [-0.1, -0.05) is 18.2 Å². The van der Waals surface area contributed by atoms with Gasteiger partial charge in [0, 0.05) is 18.3 Å². The van der Waals surface area contributed by atoms with Gasteiger partial charge in [-0.3, -0.25) is 14.5 Å². The van der Waals surface area contributed by atoms with E-state index in [9.17, 15) is 9.59 Å². The molecule has 0 aliphatic heterocycles. The first kappa shape index (κ1) is 18.8. The number of hydrogen-bond donors (Lipinski definition) is 2. The van der Waals surface area contributed by atoms with Crippen molar-refractivity contribution < 1.29 is 9.59 Å². The molecule has 3 aromatic rings.